The van der Waals surface area contributed by atoms with Gasteiger partial charge in [0.15, 0.2) is 0 Å². The third-order valence-corrected chi connectivity index (χ3v) is 4.03. The Balaban J connectivity index is 1.95. The minimum absolute atomic E-state index is 0.738. The van der Waals surface area contributed by atoms with Crippen LogP contribution in [0.1, 0.15) is 18.2 Å². The molecule has 5 heteroatoms. The second kappa shape index (κ2) is 6.96. The molecule has 0 amide bonds. The van der Waals surface area contributed by atoms with Crippen molar-refractivity contribution >= 4 is 17.5 Å². The lowest BCUT2D eigenvalue weighted by Gasteiger charge is -2.29. The van der Waals surface area contributed by atoms with Gasteiger partial charge in [-0.15, -0.1) is 0 Å². The number of hydrogen-bond donors (Lipinski definition) is 0. The van der Waals surface area contributed by atoms with Crippen LogP contribution in [0.25, 0.3) is 0 Å². The lowest BCUT2D eigenvalue weighted by Crippen LogP contribution is -2.37. The SMILES string of the molecule is CCN(c1cccc(C)c1)c1cc(C)nc(N2CCOCC2)n1. The van der Waals surface area contributed by atoms with Crippen molar-refractivity contribution in [2.24, 2.45) is 0 Å². The molecule has 0 unspecified atom stereocenters. The van der Waals surface area contributed by atoms with Crippen LogP contribution < -0.4 is 9.80 Å². The van der Waals surface area contributed by atoms with Gasteiger partial charge in [0.25, 0.3) is 0 Å². The summed E-state index contributed by atoms with van der Waals surface area (Å²) in [6.45, 7) is 10.3. The Hall–Kier alpha value is -2.14. The first-order chi connectivity index (χ1) is 11.2. The van der Waals surface area contributed by atoms with Gasteiger partial charge in [0, 0.05) is 37.1 Å². The number of nitrogens with zero attached hydrogens (tertiary/aromatic N) is 4. The minimum atomic E-state index is 0.738. The number of ether oxygens (including phenoxy) is 1. The lowest BCUT2D eigenvalue weighted by molar-refractivity contribution is 0.122. The average Bonchev–Trinajstić information content (AvgIpc) is 2.56. The quantitative estimate of drug-likeness (QED) is 0.868. The van der Waals surface area contributed by atoms with Crippen molar-refractivity contribution in [2.45, 2.75) is 20.8 Å². The van der Waals surface area contributed by atoms with E-state index in [2.05, 4.69) is 59.0 Å². The van der Waals surface area contributed by atoms with Gasteiger partial charge in [-0.1, -0.05) is 12.1 Å². The van der Waals surface area contributed by atoms with E-state index in [1.165, 1.54) is 11.3 Å². The summed E-state index contributed by atoms with van der Waals surface area (Å²) in [7, 11) is 0. The van der Waals surface area contributed by atoms with E-state index in [4.69, 9.17) is 9.72 Å². The maximum Gasteiger partial charge on any atom is 0.227 e. The number of aromatic nitrogens is 2. The Morgan fingerprint density at radius 2 is 1.91 bits per heavy atom. The third-order valence-electron chi connectivity index (χ3n) is 4.03. The van der Waals surface area contributed by atoms with Crippen LogP contribution in [-0.4, -0.2) is 42.8 Å². The number of hydrogen-bond acceptors (Lipinski definition) is 5. The van der Waals surface area contributed by atoms with Gasteiger partial charge in [-0.3, -0.25) is 0 Å². The minimum Gasteiger partial charge on any atom is -0.378 e. The normalized spacial score (nSPS) is 14.8. The molecule has 1 aromatic carbocycles. The molecule has 0 N–H and O–H groups in total. The largest absolute Gasteiger partial charge is 0.378 e. The Labute approximate surface area is 137 Å². The van der Waals surface area contributed by atoms with Gasteiger partial charge < -0.3 is 14.5 Å². The van der Waals surface area contributed by atoms with E-state index < -0.39 is 0 Å². The van der Waals surface area contributed by atoms with Gasteiger partial charge >= 0.3 is 0 Å². The smallest absolute Gasteiger partial charge is 0.227 e. The number of aryl methyl sites for hydroxylation is 2. The van der Waals surface area contributed by atoms with Crippen LogP contribution >= 0.6 is 0 Å². The van der Waals surface area contributed by atoms with Gasteiger partial charge in [-0.25, -0.2) is 4.98 Å². The summed E-state index contributed by atoms with van der Waals surface area (Å²) in [6.07, 6.45) is 0. The lowest BCUT2D eigenvalue weighted by atomic mass is 10.2. The Bertz CT molecular complexity index is 668. The molecule has 1 fully saturated rings. The summed E-state index contributed by atoms with van der Waals surface area (Å²) in [5.41, 5.74) is 3.40. The van der Waals surface area contributed by atoms with E-state index in [-0.39, 0.29) is 0 Å². The molecule has 0 radical (unpaired) electrons. The van der Waals surface area contributed by atoms with Crippen molar-refractivity contribution in [1.82, 2.24) is 9.97 Å². The molecule has 0 atom stereocenters. The Morgan fingerprint density at radius 1 is 1.13 bits per heavy atom. The highest BCUT2D eigenvalue weighted by Gasteiger charge is 2.17. The highest BCUT2D eigenvalue weighted by atomic mass is 16.5. The van der Waals surface area contributed by atoms with E-state index in [1.807, 2.05) is 6.92 Å². The van der Waals surface area contributed by atoms with E-state index in [0.717, 1.165) is 50.3 Å². The van der Waals surface area contributed by atoms with Gasteiger partial charge in [-0.2, -0.15) is 4.98 Å². The maximum atomic E-state index is 5.43. The fourth-order valence-corrected chi connectivity index (χ4v) is 2.85. The van der Waals surface area contributed by atoms with Crippen LogP contribution in [0, 0.1) is 13.8 Å². The first-order valence-electron chi connectivity index (χ1n) is 8.20. The van der Waals surface area contributed by atoms with Gasteiger partial charge in [0.2, 0.25) is 5.95 Å². The monoisotopic (exact) mass is 312 g/mol. The van der Waals surface area contributed by atoms with Gasteiger partial charge in [0.1, 0.15) is 5.82 Å². The molecular formula is C18H24N4O. The van der Waals surface area contributed by atoms with Crippen molar-refractivity contribution in [3.8, 4) is 0 Å². The second-order valence-corrected chi connectivity index (χ2v) is 5.85. The summed E-state index contributed by atoms with van der Waals surface area (Å²) in [6, 6.07) is 10.6. The zero-order valence-corrected chi connectivity index (χ0v) is 14.1. The fourth-order valence-electron chi connectivity index (χ4n) is 2.85. The van der Waals surface area contributed by atoms with Crippen molar-refractivity contribution < 1.29 is 4.74 Å². The predicted octanol–water partition coefficient (Wildman–Crippen LogP) is 3.09. The summed E-state index contributed by atoms with van der Waals surface area (Å²) < 4.78 is 5.43. The molecule has 3 rings (SSSR count). The molecule has 1 aromatic heterocycles. The maximum absolute atomic E-state index is 5.43. The van der Waals surface area contributed by atoms with Crippen LogP contribution in [0.5, 0.6) is 0 Å². The van der Waals surface area contributed by atoms with E-state index in [9.17, 15) is 0 Å². The molecule has 5 nitrogen and oxygen atoms in total. The molecule has 23 heavy (non-hydrogen) atoms. The van der Waals surface area contributed by atoms with Crippen molar-refractivity contribution in [1.29, 1.82) is 0 Å². The molecule has 2 aromatic rings. The standard InChI is InChI=1S/C18H24N4O/c1-4-22(16-7-5-6-14(2)12-16)17-13-15(3)19-18(20-17)21-8-10-23-11-9-21/h5-7,12-13H,4,8-11H2,1-3H3. The van der Waals surface area contributed by atoms with Crippen molar-refractivity contribution in [3.63, 3.8) is 0 Å². The zero-order valence-electron chi connectivity index (χ0n) is 14.1. The van der Waals surface area contributed by atoms with Crippen molar-refractivity contribution in [2.75, 3.05) is 42.6 Å². The van der Waals surface area contributed by atoms with Crippen molar-refractivity contribution in [3.05, 3.63) is 41.6 Å². The molecule has 2 heterocycles. The number of benzene rings is 1. The Kier molecular flexibility index (Phi) is 4.76. The first-order valence-corrected chi connectivity index (χ1v) is 8.20. The molecule has 122 valence electrons. The van der Waals surface area contributed by atoms with Crippen LogP contribution in [0.15, 0.2) is 30.3 Å². The summed E-state index contributed by atoms with van der Waals surface area (Å²) >= 11 is 0. The summed E-state index contributed by atoms with van der Waals surface area (Å²) in [5, 5.41) is 0. The molecule has 0 aliphatic carbocycles. The van der Waals surface area contributed by atoms with Crippen LogP contribution in [-0.2, 0) is 4.74 Å². The molecule has 1 saturated heterocycles. The van der Waals surface area contributed by atoms with Gasteiger partial charge in [0.05, 0.1) is 13.2 Å². The molecule has 0 spiro atoms. The second-order valence-electron chi connectivity index (χ2n) is 5.85. The zero-order chi connectivity index (χ0) is 16.2. The van der Waals surface area contributed by atoms with Crippen LogP contribution in [0.3, 0.4) is 0 Å². The molecule has 1 aliphatic heterocycles. The highest BCUT2D eigenvalue weighted by Crippen LogP contribution is 2.26. The number of morpholine rings is 1. The molecule has 1 aliphatic rings. The topological polar surface area (TPSA) is 41.5 Å². The summed E-state index contributed by atoms with van der Waals surface area (Å²) in [5.74, 6) is 1.75. The fraction of sp³-hybridized carbons (Fsp3) is 0.444. The Morgan fingerprint density at radius 3 is 2.61 bits per heavy atom. The molecule has 0 bridgehead atoms. The van der Waals surface area contributed by atoms with E-state index in [1.54, 1.807) is 0 Å². The third kappa shape index (κ3) is 3.62. The highest BCUT2D eigenvalue weighted by molar-refractivity contribution is 5.62. The molecular weight excluding hydrogens is 288 g/mol. The van der Waals surface area contributed by atoms with Crippen LogP contribution in [0.4, 0.5) is 17.5 Å². The first kappa shape index (κ1) is 15.7. The summed E-state index contributed by atoms with van der Waals surface area (Å²) in [4.78, 5) is 13.9. The predicted molar refractivity (Wildman–Crippen MR) is 93.7 cm³/mol. The van der Waals surface area contributed by atoms with Gasteiger partial charge in [-0.05, 0) is 38.5 Å². The number of anilines is 3. The average molecular weight is 312 g/mol. The van der Waals surface area contributed by atoms with E-state index in [0.29, 0.717) is 0 Å². The molecule has 0 saturated carbocycles. The van der Waals surface area contributed by atoms with Crippen LogP contribution in [0.2, 0.25) is 0 Å². The number of rotatable bonds is 4. The van der Waals surface area contributed by atoms with E-state index >= 15 is 0 Å².